The highest BCUT2D eigenvalue weighted by atomic mass is 16.7. The molecule has 33 heavy (non-hydrogen) atoms. The van der Waals surface area contributed by atoms with E-state index in [2.05, 4.69) is 5.32 Å². The molecule has 5 rings (SSSR count). The lowest BCUT2D eigenvalue weighted by molar-refractivity contribution is -0.116. The molecule has 1 aliphatic heterocycles. The minimum Gasteiger partial charge on any atom is -0.454 e. The summed E-state index contributed by atoms with van der Waals surface area (Å²) in [5, 5.41) is 3.21. The van der Waals surface area contributed by atoms with Crippen LogP contribution in [-0.2, 0) is 17.9 Å². The predicted octanol–water partition coefficient (Wildman–Crippen LogP) is 2.89. The maximum atomic E-state index is 13.4. The second-order valence-electron chi connectivity index (χ2n) is 7.83. The zero-order chi connectivity index (χ0) is 22.9. The average Bonchev–Trinajstić information content (AvgIpc) is 3.29. The Kier molecular flexibility index (Phi) is 5.18. The summed E-state index contributed by atoms with van der Waals surface area (Å²) in [5.41, 5.74) is 1.74. The molecule has 0 saturated heterocycles. The van der Waals surface area contributed by atoms with E-state index in [0.29, 0.717) is 33.7 Å². The van der Waals surface area contributed by atoms with Crippen molar-refractivity contribution in [1.29, 1.82) is 0 Å². The first-order valence-electron chi connectivity index (χ1n) is 10.5. The van der Waals surface area contributed by atoms with Crippen molar-refractivity contribution in [2.75, 3.05) is 12.1 Å². The summed E-state index contributed by atoms with van der Waals surface area (Å²) in [6.07, 6.45) is 0. The summed E-state index contributed by atoms with van der Waals surface area (Å²) in [6, 6.07) is 19.5. The first-order chi connectivity index (χ1) is 16.0. The van der Waals surface area contributed by atoms with Gasteiger partial charge in [0.2, 0.25) is 12.7 Å². The number of carbonyl (C=O) groups is 1. The highest BCUT2D eigenvalue weighted by Crippen LogP contribution is 2.32. The third kappa shape index (κ3) is 3.87. The van der Waals surface area contributed by atoms with Gasteiger partial charge in [-0.15, -0.1) is 0 Å². The first kappa shape index (κ1) is 20.6. The van der Waals surface area contributed by atoms with Crippen molar-refractivity contribution in [2.24, 2.45) is 0 Å². The maximum Gasteiger partial charge on any atom is 0.332 e. The summed E-state index contributed by atoms with van der Waals surface area (Å²) in [7, 11) is 0. The van der Waals surface area contributed by atoms with E-state index in [1.54, 1.807) is 48.5 Å². The second-order valence-corrected chi connectivity index (χ2v) is 7.83. The van der Waals surface area contributed by atoms with E-state index in [9.17, 15) is 14.4 Å². The monoisotopic (exact) mass is 443 g/mol. The standard InChI is InChI=1S/C25H21N3O5/c1-16-6-2-4-8-19(16)26-23(29)14-27-20-9-5-3-7-18(20)24(30)28(25(27)31)13-17-10-11-21-22(12-17)33-15-32-21/h2-12H,13-15H2,1H3,(H,26,29). The van der Waals surface area contributed by atoms with E-state index in [1.165, 1.54) is 4.57 Å². The van der Waals surface area contributed by atoms with Crippen LogP contribution in [0.1, 0.15) is 11.1 Å². The van der Waals surface area contributed by atoms with Crippen molar-refractivity contribution < 1.29 is 14.3 Å². The van der Waals surface area contributed by atoms with Crippen molar-refractivity contribution in [3.8, 4) is 11.5 Å². The molecule has 0 unspecified atom stereocenters. The molecule has 0 atom stereocenters. The number of nitrogens with one attached hydrogen (secondary N) is 1. The topological polar surface area (TPSA) is 91.6 Å². The largest absolute Gasteiger partial charge is 0.454 e. The van der Waals surface area contributed by atoms with Gasteiger partial charge in [0.05, 0.1) is 17.4 Å². The van der Waals surface area contributed by atoms with Crippen LogP contribution in [0.25, 0.3) is 10.9 Å². The molecular formula is C25H21N3O5. The molecule has 8 nitrogen and oxygen atoms in total. The molecule has 2 heterocycles. The van der Waals surface area contributed by atoms with Gasteiger partial charge in [-0.3, -0.25) is 18.7 Å². The zero-order valence-corrected chi connectivity index (χ0v) is 17.9. The van der Waals surface area contributed by atoms with Crippen molar-refractivity contribution in [2.45, 2.75) is 20.0 Å². The fraction of sp³-hybridized carbons (Fsp3) is 0.160. The first-order valence-corrected chi connectivity index (χ1v) is 10.5. The smallest absolute Gasteiger partial charge is 0.332 e. The van der Waals surface area contributed by atoms with E-state index >= 15 is 0 Å². The number of hydrogen-bond acceptors (Lipinski definition) is 5. The number of aromatic nitrogens is 2. The number of rotatable bonds is 5. The van der Waals surface area contributed by atoms with Crippen LogP contribution in [0.2, 0.25) is 0 Å². The molecule has 1 aliphatic rings. The van der Waals surface area contributed by atoms with Gasteiger partial charge < -0.3 is 14.8 Å². The summed E-state index contributed by atoms with van der Waals surface area (Å²) >= 11 is 0. The normalized spacial score (nSPS) is 12.2. The molecule has 4 aromatic rings. The van der Waals surface area contributed by atoms with Gasteiger partial charge in [-0.2, -0.15) is 0 Å². The van der Waals surface area contributed by atoms with Gasteiger partial charge in [0.1, 0.15) is 6.54 Å². The molecule has 1 N–H and O–H groups in total. The van der Waals surface area contributed by atoms with Gasteiger partial charge >= 0.3 is 5.69 Å². The molecule has 1 amide bonds. The number of fused-ring (bicyclic) bond motifs is 2. The lowest BCUT2D eigenvalue weighted by Crippen LogP contribution is -2.42. The van der Waals surface area contributed by atoms with Crippen LogP contribution in [0.15, 0.2) is 76.3 Å². The van der Waals surface area contributed by atoms with Crippen LogP contribution in [0.4, 0.5) is 5.69 Å². The van der Waals surface area contributed by atoms with E-state index in [-0.39, 0.29) is 25.8 Å². The number of amides is 1. The average molecular weight is 443 g/mol. The van der Waals surface area contributed by atoms with Gasteiger partial charge in [-0.05, 0) is 48.4 Å². The number of aryl methyl sites for hydroxylation is 1. The van der Waals surface area contributed by atoms with E-state index in [1.807, 2.05) is 25.1 Å². The Morgan fingerprint density at radius 1 is 0.939 bits per heavy atom. The lowest BCUT2D eigenvalue weighted by atomic mass is 10.2. The molecule has 0 aliphatic carbocycles. The van der Waals surface area contributed by atoms with Gasteiger partial charge in [0.25, 0.3) is 5.56 Å². The van der Waals surface area contributed by atoms with Crippen molar-refractivity contribution in [3.05, 3.63) is 98.7 Å². The van der Waals surface area contributed by atoms with Gasteiger partial charge in [0.15, 0.2) is 11.5 Å². The maximum absolute atomic E-state index is 13.4. The number of hydrogen-bond donors (Lipinski definition) is 1. The van der Waals surface area contributed by atoms with Crippen molar-refractivity contribution in [1.82, 2.24) is 9.13 Å². The molecule has 0 fully saturated rings. The van der Waals surface area contributed by atoms with Crippen LogP contribution >= 0.6 is 0 Å². The number of ether oxygens (including phenoxy) is 2. The molecular weight excluding hydrogens is 422 g/mol. The zero-order valence-electron chi connectivity index (χ0n) is 17.9. The number of nitrogens with zero attached hydrogens (tertiary/aromatic N) is 2. The van der Waals surface area contributed by atoms with E-state index in [4.69, 9.17) is 9.47 Å². The molecule has 0 bridgehead atoms. The number of anilines is 1. The van der Waals surface area contributed by atoms with Crippen LogP contribution in [-0.4, -0.2) is 21.8 Å². The Bertz CT molecular complexity index is 1500. The predicted molar refractivity (Wildman–Crippen MR) is 124 cm³/mol. The van der Waals surface area contributed by atoms with Crippen molar-refractivity contribution in [3.63, 3.8) is 0 Å². The summed E-state index contributed by atoms with van der Waals surface area (Å²) < 4.78 is 13.2. The van der Waals surface area contributed by atoms with Gasteiger partial charge in [-0.1, -0.05) is 36.4 Å². The quantitative estimate of drug-likeness (QED) is 0.512. The van der Waals surface area contributed by atoms with Crippen LogP contribution in [0.5, 0.6) is 11.5 Å². The molecule has 8 heteroatoms. The summed E-state index contributed by atoms with van der Waals surface area (Å²) in [4.78, 5) is 39.4. The molecule has 3 aromatic carbocycles. The van der Waals surface area contributed by atoms with Crippen LogP contribution in [0.3, 0.4) is 0 Å². The highest BCUT2D eigenvalue weighted by Gasteiger charge is 2.18. The van der Waals surface area contributed by atoms with Crippen LogP contribution < -0.4 is 26.0 Å². The Morgan fingerprint density at radius 3 is 2.55 bits per heavy atom. The Balaban J connectivity index is 1.54. The van der Waals surface area contributed by atoms with Gasteiger partial charge in [-0.25, -0.2) is 4.79 Å². The fourth-order valence-corrected chi connectivity index (χ4v) is 3.93. The lowest BCUT2D eigenvalue weighted by Gasteiger charge is -2.15. The van der Waals surface area contributed by atoms with E-state index in [0.717, 1.165) is 10.1 Å². The molecule has 1 aromatic heterocycles. The molecule has 0 radical (unpaired) electrons. The second kappa shape index (κ2) is 8.31. The number of benzene rings is 3. The SMILES string of the molecule is Cc1ccccc1NC(=O)Cn1c(=O)n(Cc2ccc3c(c2)OCO3)c(=O)c2ccccc21. The summed E-state index contributed by atoms with van der Waals surface area (Å²) in [5.74, 6) is 0.832. The highest BCUT2D eigenvalue weighted by molar-refractivity contribution is 5.92. The van der Waals surface area contributed by atoms with Crippen LogP contribution in [0, 0.1) is 6.92 Å². The number of para-hydroxylation sites is 2. The third-order valence-electron chi connectivity index (χ3n) is 5.63. The molecule has 0 saturated carbocycles. The van der Waals surface area contributed by atoms with Gasteiger partial charge in [0, 0.05) is 5.69 Å². The third-order valence-corrected chi connectivity index (χ3v) is 5.63. The Labute approximate surface area is 188 Å². The Hall–Kier alpha value is -4.33. The fourth-order valence-electron chi connectivity index (χ4n) is 3.93. The minimum absolute atomic E-state index is 0.0402. The Morgan fingerprint density at radius 2 is 1.70 bits per heavy atom. The van der Waals surface area contributed by atoms with Crippen molar-refractivity contribution >= 4 is 22.5 Å². The summed E-state index contributed by atoms with van der Waals surface area (Å²) in [6.45, 7) is 1.84. The number of carbonyl (C=O) groups excluding carboxylic acids is 1. The minimum atomic E-state index is -0.559. The molecule has 166 valence electrons. The van der Waals surface area contributed by atoms with E-state index < -0.39 is 11.2 Å². The molecule has 0 spiro atoms.